The maximum atomic E-state index is 14.8. The number of fused-ring (bicyclic) bond motifs is 1. The van der Waals surface area contributed by atoms with Gasteiger partial charge in [0, 0.05) is 22.7 Å². The fraction of sp³-hybridized carbons (Fsp3) is 0.273. The number of ether oxygens (including phenoxy) is 1. The maximum absolute atomic E-state index is 14.8. The number of carbonyl (C=O) groups excluding carboxylic acids is 2. The summed E-state index contributed by atoms with van der Waals surface area (Å²) in [6.07, 6.45) is -0.311. The van der Waals surface area contributed by atoms with Crippen LogP contribution >= 0.6 is 0 Å². The van der Waals surface area contributed by atoms with Crippen molar-refractivity contribution >= 4 is 22.8 Å². The molecule has 9 heteroatoms. The number of rotatable bonds is 5. The zero-order valence-electron chi connectivity index (χ0n) is 16.9. The molecule has 1 N–H and O–H groups in total. The number of halogens is 4. The smallest absolute Gasteiger partial charge is 0.310 e. The first-order valence-electron chi connectivity index (χ1n) is 9.46. The van der Waals surface area contributed by atoms with Gasteiger partial charge in [-0.15, -0.1) is 0 Å². The van der Waals surface area contributed by atoms with Crippen molar-refractivity contribution in [2.24, 2.45) is 0 Å². The molecule has 1 aromatic heterocycles. The molecule has 0 spiro atoms. The van der Waals surface area contributed by atoms with E-state index in [4.69, 9.17) is 4.74 Å². The summed E-state index contributed by atoms with van der Waals surface area (Å²) in [5.41, 5.74) is -0.477. The Morgan fingerprint density at radius 2 is 1.77 bits per heavy atom. The van der Waals surface area contributed by atoms with Crippen LogP contribution < -0.4 is 0 Å². The Bertz CT molecular complexity index is 1200. The molecular formula is C22H19F4NO4. The summed E-state index contributed by atoms with van der Waals surface area (Å²) in [7, 11) is 0. The number of esters is 1. The molecule has 1 heterocycles. The van der Waals surface area contributed by atoms with E-state index in [1.54, 1.807) is 13.8 Å². The molecule has 2 aromatic carbocycles. The summed E-state index contributed by atoms with van der Waals surface area (Å²) in [6.45, 7) is 4.86. The van der Waals surface area contributed by atoms with Crippen molar-refractivity contribution in [1.82, 2.24) is 4.57 Å². The highest BCUT2D eigenvalue weighted by Gasteiger charge is 2.27. The largest absolute Gasteiger partial charge is 0.503 e. The summed E-state index contributed by atoms with van der Waals surface area (Å²) in [5.74, 6) is -7.97. The van der Waals surface area contributed by atoms with Gasteiger partial charge >= 0.3 is 5.97 Å². The molecule has 0 aliphatic heterocycles. The number of benzene rings is 2. The third kappa shape index (κ3) is 3.99. The second-order valence-electron chi connectivity index (χ2n) is 7.13. The first-order chi connectivity index (χ1) is 14.6. The van der Waals surface area contributed by atoms with Crippen molar-refractivity contribution in [3.8, 4) is 5.75 Å². The van der Waals surface area contributed by atoms with E-state index in [1.165, 1.54) is 6.92 Å². The van der Waals surface area contributed by atoms with Crippen LogP contribution in [0.5, 0.6) is 5.75 Å². The molecule has 0 saturated heterocycles. The minimum absolute atomic E-state index is 0.00652. The van der Waals surface area contributed by atoms with E-state index in [0.29, 0.717) is 12.5 Å². The van der Waals surface area contributed by atoms with Gasteiger partial charge in [-0.25, -0.2) is 17.6 Å². The van der Waals surface area contributed by atoms with Gasteiger partial charge in [0.25, 0.3) is 5.91 Å². The monoisotopic (exact) mass is 437 g/mol. The Balaban J connectivity index is 2.22. The normalized spacial score (nSPS) is 12.2. The van der Waals surface area contributed by atoms with Crippen molar-refractivity contribution in [3.63, 3.8) is 0 Å². The van der Waals surface area contributed by atoms with Crippen LogP contribution in [0.15, 0.2) is 24.3 Å². The lowest BCUT2D eigenvalue weighted by Gasteiger charge is -2.11. The molecule has 1 atom stereocenters. The third-order valence-electron chi connectivity index (χ3n) is 5.09. The molecule has 0 saturated carbocycles. The summed E-state index contributed by atoms with van der Waals surface area (Å²) >= 11 is 0. The first-order valence-corrected chi connectivity index (χ1v) is 9.46. The van der Waals surface area contributed by atoms with Crippen LogP contribution in [0.4, 0.5) is 17.6 Å². The Morgan fingerprint density at radius 1 is 1.10 bits per heavy atom. The fourth-order valence-electron chi connectivity index (χ4n) is 3.29. The predicted molar refractivity (Wildman–Crippen MR) is 104 cm³/mol. The lowest BCUT2D eigenvalue weighted by molar-refractivity contribution is -0.147. The number of phenolic OH excluding ortho intramolecular Hbond substituents is 1. The molecule has 5 nitrogen and oxygen atoms in total. The summed E-state index contributed by atoms with van der Waals surface area (Å²) in [5, 5.41) is 9.38. The first kappa shape index (κ1) is 22.3. The molecule has 0 fully saturated rings. The van der Waals surface area contributed by atoms with Gasteiger partial charge in [0.2, 0.25) is 0 Å². The van der Waals surface area contributed by atoms with E-state index in [-0.39, 0.29) is 27.7 Å². The lowest BCUT2D eigenvalue weighted by atomic mass is 10.1. The quantitative estimate of drug-likeness (QED) is 0.461. The van der Waals surface area contributed by atoms with Crippen LogP contribution in [0.1, 0.15) is 41.9 Å². The molecular weight excluding hydrogens is 418 g/mol. The molecule has 0 aliphatic rings. The van der Waals surface area contributed by atoms with Gasteiger partial charge < -0.3 is 9.84 Å². The lowest BCUT2D eigenvalue weighted by Crippen LogP contribution is -2.17. The number of hydrogen-bond acceptors (Lipinski definition) is 4. The molecule has 164 valence electrons. The Hall–Kier alpha value is -3.36. The van der Waals surface area contributed by atoms with Gasteiger partial charge in [-0.05, 0) is 44.0 Å². The molecule has 31 heavy (non-hydrogen) atoms. The van der Waals surface area contributed by atoms with Gasteiger partial charge in [0.15, 0.2) is 29.0 Å². The zero-order valence-corrected chi connectivity index (χ0v) is 16.9. The minimum Gasteiger partial charge on any atom is -0.503 e. The van der Waals surface area contributed by atoms with Gasteiger partial charge in [0.05, 0.1) is 18.0 Å². The Kier molecular flexibility index (Phi) is 6.06. The molecule has 0 amide bonds. The van der Waals surface area contributed by atoms with E-state index < -0.39 is 53.4 Å². The van der Waals surface area contributed by atoms with Crippen LogP contribution in [0.2, 0.25) is 0 Å². The van der Waals surface area contributed by atoms with Gasteiger partial charge in [-0.1, -0.05) is 6.92 Å². The standard InChI is InChI=1S/C22H19F4NO4/c1-4-10(2)31-18(28)8-13-11(3)27(17-9-16(25)21(29)20(26)19(13)17)22(30)12-5-6-14(23)15(24)7-12/h5-7,9-10,29H,4,8H2,1-3H3. The van der Waals surface area contributed by atoms with E-state index in [9.17, 15) is 32.3 Å². The average molecular weight is 437 g/mol. The van der Waals surface area contributed by atoms with E-state index in [1.807, 2.05) is 0 Å². The van der Waals surface area contributed by atoms with Crippen LogP contribution in [0, 0.1) is 30.2 Å². The number of nitrogens with zero attached hydrogens (tertiary/aromatic N) is 1. The second kappa shape index (κ2) is 8.41. The molecule has 3 rings (SSSR count). The summed E-state index contributed by atoms with van der Waals surface area (Å²) < 4.78 is 61.9. The predicted octanol–water partition coefficient (Wildman–Crippen LogP) is 4.78. The third-order valence-corrected chi connectivity index (χ3v) is 5.09. The van der Waals surface area contributed by atoms with Crippen molar-refractivity contribution < 1.29 is 37.0 Å². The molecule has 0 aliphatic carbocycles. The molecule has 0 bridgehead atoms. The number of hydrogen-bond donors (Lipinski definition) is 1. The van der Waals surface area contributed by atoms with Crippen LogP contribution in [-0.2, 0) is 16.0 Å². The van der Waals surface area contributed by atoms with Crippen LogP contribution in [-0.4, -0.2) is 27.7 Å². The fourth-order valence-corrected chi connectivity index (χ4v) is 3.29. The van der Waals surface area contributed by atoms with E-state index >= 15 is 0 Å². The SMILES string of the molecule is CCC(C)OC(=O)Cc1c(C)n(C(=O)c2ccc(F)c(F)c2)c2cc(F)c(O)c(F)c12. The molecule has 1 unspecified atom stereocenters. The highest BCUT2D eigenvalue weighted by Crippen LogP contribution is 2.35. The van der Waals surface area contributed by atoms with Gasteiger partial charge in [-0.3, -0.25) is 14.2 Å². The number of aromatic hydroxyl groups is 1. The second-order valence-corrected chi connectivity index (χ2v) is 7.13. The van der Waals surface area contributed by atoms with Crippen molar-refractivity contribution in [3.05, 3.63) is 64.4 Å². The van der Waals surface area contributed by atoms with Crippen molar-refractivity contribution in [1.29, 1.82) is 0 Å². The summed E-state index contributed by atoms with van der Waals surface area (Å²) in [6, 6.07) is 3.17. The molecule has 3 aromatic rings. The minimum atomic E-state index is -1.35. The summed E-state index contributed by atoms with van der Waals surface area (Å²) in [4.78, 5) is 25.3. The van der Waals surface area contributed by atoms with Crippen LogP contribution in [0.3, 0.4) is 0 Å². The zero-order chi connectivity index (χ0) is 23.0. The van der Waals surface area contributed by atoms with Crippen LogP contribution in [0.25, 0.3) is 10.9 Å². The van der Waals surface area contributed by atoms with Crippen molar-refractivity contribution in [2.45, 2.75) is 39.7 Å². The number of carbonyl (C=O) groups is 2. The van der Waals surface area contributed by atoms with E-state index in [0.717, 1.165) is 22.8 Å². The Morgan fingerprint density at radius 3 is 2.39 bits per heavy atom. The van der Waals surface area contributed by atoms with E-state index in [2.05, 4.69) is 0 Å². The average Bonchev–Trinajstić information content (AvgIpc) is 2.98. The molecule has 0 radical (unpaired) electrons. The highest BCUT2D eigenvalue weighted by molar-refractivity contribution is 6.05. The topological polar surface area (TPSA) is 68.5 Å². The van der Waals surface area contributed by atoms with Crippen molar-refractivity contribution in [2.75, 3.05) is 0 Å². The number of phenols is 1. The number of aromatic nitrogens is 1. The van der Waals surface area contributed by atoms with Gasteiger partial charge in [-0.2, -0.15) is 0 Å². The maximum Gasteiger partial charge on any atom is 0.310 e. The Labute approximate surface area is 174 Å². The van der Waals surface area contributed by atoms with Gasteiger partial charge in [0.1, 0.15) is 0 Å². The highest BCUT2D eigenvalue weighted by atomic mass is 19.2.